The second-order valence-electron chi connectivity index (χ2n) is 4.42. The van der Waals surface area contributed by atoms with Gasteiger partial charge in [-0.2, -0.15) is 4.31 Å². The first-order valence-corrected chi connectivity index (χ1v) is 7.51. The van der Waals surface area contributed by atoms with Gasteiger partial charge in [0.2, 0.25) is 10.0 Å². The molecule has 0 radical (unpaired) electrons. The summed E-state index contributed by atoms with van der Waals surface area (Å²) in [5.41, 5.74) is 0. The Labute approximate surface area is 100 Å². The Balaban J connectivity index is 4.45. The lowest BCUT2D eigenvalue weighted by atomic mass is 10.3. The molecule has 0 rings (SSSR count). The summed E-state index contributed by atoms with van der Waals surface area (Å²) in [4.78, 5) is 0. The molecule has 0 aromatic rings. The van der Waals surface area contributed by atoms with E-state index in [-0.39, 0.29) is 11.7 Å². The molecular weight excluding hydrogens is 226 g/mol. The minimum Gasteiger partial charge on any atom is -0.383 e. The topological polar surface area (TPSA) is 46.6 Å². The molecule has 0 heterocycles. The van der Waals surface area contributed by atoms with Gasteiger partial charge in [0.05, 0.1) is 12.4 Å². The maximum Gasteiger partial charge on any atom is 0.214 e. The maximum atomic E-state index is 12.0. The normalized spacial score (nSPS) is 12.6. The van der Waals surface area contributed by atoms with Gasteiger partial charge in [-0.05, 0) is 12.3 Å². The van der Waals surface area contributed by atoms with Crippen molar-refractivity contribution in [2.24, 2.45) is 5.92 Å². The van der Waals surface area contributed by atoms with Crippen LogP contribution in [-0.4, -0.2) is 45.3 Å². The molecule has 0 aliphatic carbocycles. The number of ether oxygens (including phenoxy) is 1. The minimum absolute atomic E-state index is 0.164. The van der Waals surface area contributed by atoms with E-state index in [4.69, 9.17) is 4.74 Å². The first-order valence-electron chi connectivity index (χ1n) is 5.90. The molecule has 0 saturated heterocycles. The lowest BCUT2D eigenvalue weighted by Gasteiger charge is -2.22. The van der Waals surface area contributed by atoms with Gasteiger partial charge in [0.15, 0.2) is 0 Å². The third-order valence-electron chi connectivity index (χ3n) is 2.24. The monoisotopic (exact) mass is 251 g/mol. The molecule has 0 aliphatic heterocycles. The Morgan fingerprint density at radius 2 is 1.88 bits per heavy atom. The van der Waals surface area contributed by atoms with Crippen molar-refractivity contribution >= 4 is 10.0 Å². The SMILES string of the molecule is CCCCN(CCOC)S(=O)(=O)CC(C)C. The smallest absolute Gasteiger partial charge is 0.214 e. The first-order chi connectivity index (χ1) is 7.44. The highest BCUT2D eigenvalue weighted by Gasteiger charge is 2.22. The van der Waals surface area contributed by atoms with E-state index in [0.29, 0.717) is 19.7 Å². The fraction of sp³-hybridized carbons (Fsp3) is 1.00. The average Bonchev–Trinajstić information content (AvgIpc) is 2.15. The second-order valence-corrected chi connectivity index (χ2v) is 6.43. The molecule has 5 heteroatoms. The number of nitrogens with zero attached hydrogens (tertiary/aromatic N) is 1. The molecule has 0 aromatic heterocycles. The van der Waals surface area contributed by atoms with Crippen LogP contribution in [0.25, 0.3) is 0 Å². The maximum absolute atomic E-state index is 12.0. The molecule has 0 atom stereocenters. The van der Waals surface area contributed by atoms with E-state index in [0.717, 1.165) is 12.8 Å². The molecule has 0 fully saturated rings. The summed E-state index contributed by atoms with van der Waals surface area (Å²) in [6, 6.07) is 0. The van der Waals surface area contributed by atoms with Crippen molar-refractivity contribution in [3.63, 3.8) is 0 Å². The van der Waals surface area contributed by atoms with Crippen LogP contribution >= 0.6 is 0 Å². The highest BCUT2D eigenvalue weighted by Crippen LogP contribution is 2.08. The lowest BCUT2D eigenvalue weighted by molar-refractivity contribution is 0.178. The highest BCUT2D eigenvalue weighted by atomic mass is 32.2. The predicted octanol–water partition coefficient (Wildman–Crippen LogP) is 1.72. The van der Waals surface area contributed by atoms with E-state index in [1.807, 2.05) is 13.8 Å². The summed E-state index contributed by atoms with van der Waals surface area (Å²) < 4.78 is 30.5. The van der Waals surface area contributed by atoms with E-state index in [2.05, 4.69) is 6.92 Å². The quantitative estimate of drug-likeness (QED) is 0.627. The van der Waals surface area contributed by atoms with Crippen LogP contribution in [0.3, 0.4) is 0 Å². The van der Waals surface area contributed by atoms with Crippen LogP contribution in [0, 0.1) is 5.92 Å². The zero-order valence-electron chi connectivity index (χ0n) is 10.9. The zero-order chi connectivity index (χ0) is 12.6. The Hall–Kier alpha value is -0.130. The first kappa shape index (κ1) is 15.9. The van der Waals surface area contributed by atoms with Crippen LogP contribution in [-0.2, 0) is 14.8 Å². The Bertz CT molecular complexity index is 254. The van der Waals surface area contributed by atoms with E-state index in [9.17, 15) is 8.42 Å². The fourth-order valence-electron chi connectivity index (χ4n) is 1.44. The van der Waals surface area contributed by atoms with Crippen LogP contribution < -0.4 is 0 Å². The van der Waals surface area contributed by atoms with Crippen LogP contribution in [0.15, 0.2) is 0 Å². The summed E-state index contributed by atoms with van der Waals surface area (Å²) in [5, 5.41) is 0. The molecule has 4 nitrogen and oxygen atoms in total. The lowest BCUT2D eigenvalue weighted by Crippen LogP contribution is -2.37. The van der Waals surface area contributed by atoms with Crippen molar-refractivity contribution in [2.45, 2.75) is 33.6 Å². The predicted molar refractivity (Wildman–Crippen MR) is 67.0 cm³/mol. The number of rotatable bonds is 9. The Kier molecular flexibility index (Phi) is 7.97. The molecule has 98 valence electrons. The van der Waals surface area contributed by atoms with Gasteiger partial charge < -0.3 is 4.74 Å². The number of unbranched alkanes of at least 4 members (excludes halogenated alkanes) is 1. The number of hydrogen-bond acceptors (Lipinski definition) is 3. The van der Waals surface area contributed by atoms with Gasteiger partial charge in [-0.15, -0.1) is 0 Å². The van der Waals surface area contributed by atoms with Gasteiger partial charge >= 0.3 is 0 Å². The molecule has 0 bridgehead atoms. The number of hydrogen-bond donors (Lipinski definition) is 0. The summed E-state index contributed by atoms with van der Waals surface area (Å²) in [7, 11) is -1.52. The Morgan fingerprint density at radius 1 is 1.25 bits per heavy atom. The summed E-state index contributed by atoms with van der Waals surface area (Å²) >= 11 is 0. The molecule has 0 amide bonds. The van der Waals surface area contributed by atoms with E-state index in [1.54, 1.807) is 11.4 Å². The third-order valence-corrected chi connectivity index (χ3v) is 4.48. The van der Waals surface area contributed by atoms with Crippen molar-refractivity contribution < 1.29 is 13.2 Å². The number of sulfonamides is 1. The van der Waals surface area contributed by atoms with E-state index < -0.39 is 10.0 Å². The Morgan fingerprint density at radius 3 is 2.31 bits per heavy atom. The molecule has 0 spiro atoms. The van der Waals surface area contributed by atoms with Crippen LogP contribution in [0.5, 0.6) is 0 Å². The standard InChI is InChI=1S/C11H25NO3S/c1-5-6-7-12(8-9-15-4)16(13,14)10-11(2)3/h11H,5-10H2,1-4H3. The highest BCUT2D eigenvalue weighted by molar-refractivity contribution is 7.89. The van der Waals surface area contributed by atoms with Crippen molar-refractivity contribution in [2.75, 3.05) is 32.6 Å². The summed E-state index contributed by atoms with van der Waals surface area (Å²) in [6.45, 7) is 7.43. The number of methoxy groups -OCH3 is 1. The molecule has 0 N–H and O–H groups in total. The molecule has 0 aliphatic rings. The molecule has 0 saturated carbocycles. The van der Waals surface area contributed by atoms with Crippen LogP contribution in [0.2, 0.25) is 0 Å². The molecule has 0 aromatic carbocycles. The van der Waals surface area contributed by atoms with Crippen molar-refractivity contribution in [3.8, 4) is 0 Å². The van der Waals surface area contributed by atoms with Gasteiger partial charge in [-0.25, -0.2) is 8.42 Å². The van der Waals surface area contributed by atoms with Gasteiger partial charge in [0, 0.05) is 20.2 Å². The molecule has 0 unspecified atom stereocenters. The zero-order valence-corrected chi connectivity index (χ0v) is 11.7. The average molecular weight is 251 g/mol. The van der Waals surface area contributed by atoms with E-state index >= 15 is 0 Å². The van der Waals surface area contributed by atoms with Gasteiger partial charge in [-0.1, -0.05) is 27.2 Å². The molecular formula is C11H25NO3S. The third kappa shape index (κ3) is 6.45. The van der Waals surface area contributed by atoms with Gasteiger partial charge in [-0.3, -0.25) is 0 Å². The van der Waals surface area contributed by atoms with Crippen molar-refractivity contribution in [1.29, 1.82) is 0 Å². The summed E-state index contributed by atoms with van der Waals surface area (Å²) in [6.07, 6.45) is 1.90. The van der Waals surface area contributed by atoms with Crippen molar-refractivity contribution in [1.82, 2.24) is 4.31 Å². The second kappa shape index (κ2) is 8.03. The van der Waals surface area contributed by atoms with Crippen LogP contribution in [0.1, 0.15) is 33.6 Å². The summed E-state index contributed by atoms with van der Waals surface area (Å²) in [5.74, 6) is 0.386. The largest absolute Gasteiger partial charge is 0.383 e. The minimum atomic E-state index is -3.11. The van der Waals surface area contributed by atoms with Gasteiger partial charge in [0.1, 0.15) is 0 Å². The van der Waals surface area contributed by atoms with Crippen LogP contribution in [0.4, 0.5) is 0 Å². The van der Waals surface area contributed by atoms with E-state index in [1.165, 1.54) is 0 Å². The fourth-order valence-corrected chi connectivity index (χ4v) is 3.26. The molecule has 16 heavy (non-hydrogen) atoms. The van der Waals surface area contributed by atoms with Crippen molar-refractivity contribution in [3.05, 3.63) is 0 Å². The van der Waals surface area contributed by atoms with Gasteiger partial charge in [0.25, 0.3) is 0 Å².